The lowest BCUT2D eigenvalue weighted by molar-refractivity contribution is 0.466. The van der Waals surface area contributed by atoms with E-state index in [0.29, 0.717) is 13.1 Å². The maximum atomic E-state index is 6.12. The quantitative estimate of drug-likeness (QED) is 0.477. The Bertz CT molecular complexity index is 1100. The van der Waals surface area contributed by atoms with Crippen molar-refractivity contribution in [1.29, 1.82) is 0 Å². The summed E-state index contributed by atoms with van der Waals surface area (Å²) in [6.07, 6.45) is 0. The molecule has 0 aromatic heterocycles. The van der Waals surface area contributed by atoms with Crippen molar-refractivity contribution in [3.63, 3.8) is 0 Å². The first-order valence-corrected chi connectivity index (χ1v) is 10.8. The van der Waals surface area contributed by atoms with Crippen LogP contribution in [-0.4, -0.2) is 29.6 Å². The molecule has 4 nitrogen and oxygen atoms in total. The molecule has 0 saturated heterocycles. The van der Waals surface area contributed by atoms with Gasteiger partial charge in [-0.15, -0.1) is 0 Å². The molecule has 3 aromatic rings. The molecular weight excluding hydrogens is 380 g/mol. The van der Waals surface area contributed by atoms with E-state index in [2.05, 4.69) is 93.6 Å². The molecule has 0 amide bonds. The molecule has 1 aliphatic rings. The Morgan fingerprint density at radius 2 is 1.71 bits per heavy atom. The normalized spacial score (nSPS) is 16.5. The zero-order valence-electron chi connectivity index (χ0n) is 18.5. The summed E-state index contributed by atoms with van der Waals surface area (Å²) in [6.45, 7) is 8.08. The number of nitrogens with zero attached hydrogens (tertiary/aromatic N) is 3. The predicted molar refractivity (Wildman–Crippen MR) is 130 cm³/mol. The molecule has 31 heavy (non-hydrogen) atoms. The van der Waals surface area contributed by atoms with Gasteiger partial charge in [0.2, 0.25) is 0 Å². The molecule has 0 saturated carbocycles. The number of hydrogen-bond acceptors (Lipinski definition) is 3. The van der Waals surface area contributed by atoms with Crippen molar-refractivity contribution in [1.82, 2.24) is 5.01 Å². The summed E-state index contributed by atoms with van der Waals surface area (Å²) in [4.78, 5) is 4.85. The van der Waals surface area contributed by atoms with Gasteiger partial charge in [0, 0.05) is 5.92 Å². The highest BCUT2D eigenvalue weighted by Crippen LogP contribution is 2.29. The number of rotatable bonds is 5. The second kappa shape index (κ2) is 9.27. The zero-order chi connectivity index (χ0) is 21.8. The number of benzene rings is 3. The number of hydrogen-bond donors (Lipinski definition) is 1. The summed E-state index contributed by atoms with van der Waals surface area (Å²) in [5.74, 6) is 1.00. The third-order valence-electron chi connectivity index (χ3n) is 5.96. The van der Waals surface area contributed by atoms with Crippen LogP contribution in [0.1, 0.15) is 39.3 Å². The summed E-state index contributed by atoms with van der Waals surface area (Å²) in [5.41, 5.74) is 14.6. The topological polar surface area (TPSA) is 54.0 Å². The van der Waals surface area contributed by atoms with Crippen LogP contribution in [0.4, 0.5) is 0 Å². The van der Waals surface area contributed by atoms with Gasteiger partial charge in [-0.2, -0.15) is 5.10 Å². The van der Waals surface area contributed by atoms with Crippen LogP contribution in [0.5, 0.6) is 0 Å². The minimum absolute atomic E-state index is 0.183. The predicted octanol–water partition coefficient (Wildman–Crippen LogP) is 4.97. The SMILES string of the molecule is Cc1ccc(C2=NN(/C(CN)=N/Cc3ccc(C)c(C)c3)CC2c2ccccc2)cc1. The van der Waals surface area contributed by atoms with Crippen molar-refractivity contribution in [2.75, 3.05) is 13.1 Å². The molecule has 2 N–H and O–H groups in total. The molecule has 1 unspecified atom stereocenters. The summed E-state index contributed by atoms with van der Waals surface area (Å²) < 4.78 is 0. The van der Waals surface area contributed by atoms with Crippen molar-refractivity contribution in [2.45, 2.75) is 33.2 Å². The molecule has 158 valence electrons. The Morgan fingerprint density at radius 1 is 0.968 bits per heavy atom. The van der Waals surface area contributed by atoms with Crippen molar-refractivity contribution in [3.05, 3.63) is 106 Å². The molecule has 0 spiro atoms. The average molecular weight is 411 g/mol. The molecule has 3 aromatic carbocycles. The maximum absolute atomic E-state index is 6.12. The van der Waals surface area contributed by atoms with Gasteiger partial charge >= 0.3 is 0 Å². The van der Waals surface area contributed by atoms with E-state index in [9.17, 15) is 0 Å². The molecule has 0 aliphatic carbocycles. The van der Waals surface area contributed by atoms with E-state index in [-0.39, 0.29) is 5.92 Å². The maximum Gasteiger partial charge on any atom is 0.134 e. The first-order valence-electron chi connectivity index (χ1n) is 10.8. The first-order chi connectivity index (χ1) is 15.0. The molecule has 0 bridgehead atoms. The average Bonchev–Trinajstić information content (AvgIpc) is 3.23. The van der Waals surface area contributed by atoms with E-state index < -0.39 is 0 Å². The zero-order valence-corrected chi connectivity index (χ0v) is 18.5. The molecule has 4 rings (SSSR count). The highest BCUT2D eigenvalue weighted by molar-refractivity contribution is 6.07. The van der Waals surface area contributed by atoms with E-state index in [1.807, 2.05) is 5.01 Å². The molecular formula is C27H30N4. The molecule has 1 atom stereocenters. The smallest absolute Gasteiger partial charge is 0.134 e. The lowest BCUT2D eigenvalue weighted by Crippen LogP contribution is -2.32. The van der Waals surface area contributed by atoms with Gasteiger partial charge in [0.25, 0.3) is 0 Å². The molecule has 1 heterocycles. The van der Waals surface area contributed by atoms with Gasteiger partial charge in [0.15, 0.2) is 0 Å². The standard InChI is InChI=1S/C27H30N4/c1-19-9-13-24(14-10-19)27-25(23-7-5-4-6-8-23)18-31(30-27)26(16-28)29-17-22-12-11-20(2)21(3)15-22/h4-15,25H,16-18,28H2,1-3H3/b29-26+. The molecule has 0 fully saturated rings. The third kappa shape index (κ3) is 4.75. The Balaban J connectivity index is 1.64. The van der Waals surface area contributed by atoms with Gasteiger partial charge in [-0.3, -0.25) is 4.99 Å². The summed E-state index contributed by atoms with van der Waals surface area (Å²) in [5, 5.41) is 6.99. The first kappa shape index (κ1) is 21.0. The number of aliphatic imine (C=N–C) groups is 1. The second-order valence-corrected chi connectivity index (χ2v) is 8.25. The van der Waals surface area contributed by atoms with Gasteiger partial charge in [-0.25, -0.2) is 5.01 Å². The number of aryl methyl sites for hydroxylation is 3. The van der Waals surface area contributed by atoms with Crippen LogP contribution in [0.15, 0.2) is 82.9 Å². The minimum atomic E-state index is 0.183. The van der Waals surface area contributed by atoms with Gasteiger partial charge < -0.3 is 5.73 Å². The molecule has 1 aliphatic heterocycles. The largest absolute Gasteiger partial charge is 0.324 e. The number of nitrogens with two attached hydrogens (primary N) is 1. The van der Waals surface area contributed by atoms with E-state index in [1.54, 1.807) is 0 Å². The van der Waals surface area contributed by atoms with Crippen molar-refractivity contribution >= 4 is 11.5 Å². The lowest BCUT2D eigenvalue weighted by atomic mass is 9.90. The van der Waals surface area contributed by atoms with Crippen LogP contribution in [0.25, 0.3) is 0 Å². The van der Waals surface area contributed by atoms with Gasteiger partial charge in [0.1, 0.15) is 5.84 Å². The van der Waals surface area contributed by atoms with Gasteiger partial charge in [-0.1, -0.05) is 78.4 Å². The fourth-order valence-electron chi connectivity index (χ4n) is 3.93. The Morgan fingerprint density at radius 3 is 2.39 bits per heavy atom. The van der Waals surface area contributed by atoms with Gasteiger partial charge in [-0.05, 0) is 48.6 Å². The molecule has 0 radical (unpaired) electrons. The summed E-state index contributed by atoms with van der Waals surface area (Å²) in [6, 6.07) is 25.6. The van der Waals surface area contributed by atoms with Crippen molar-refractivity contribution in [2.24, 2.45) is 15.8 Å². The Kier molecular flexibility index (Phi) is 6.28. The highest BCUT2D eigenvalue weighted by atomic mass is 15.5. The van der Waals surface area contributed by atoms with E-state index in [0.717, 1.165) is 23.7 Å². The van der Waals surface area contributed by atoms with E-state index in [1.165, 1.54) is 27.8 Å². The highest BCUT2D eigenvalue weighted by Gasteiger charge is 2.30. The lowest BCUT2D eigenvalue weighted by Gasteiger charge is -2.18. The van der Waals surface area contributed by atoms with Crippen LogP contribution in [0.3, 0.4) is 0 Å². The molecule has 4 heteroatoms. The number of amidine groups is 1. The Hall–Kier alpha value is -3.24. The fraction of sp³-hybridized carbons (Fsp3) is 0.259. The summed E-state index contributed by atoms with van der Waals surface area (Å²) >= 11 is 0. The minimum Gasteiger partial charge on any atom is -0.324 e. The summed E-state index contributed by atoms with van der Waals surface area (Å²) in [7, 11) is 0. The van der Waals surface area contributed by atoms with E-state index >= 15 is 0 Å². The van der Waals surface area contributed by atoms with Crippen LogP contribution in [0.2, 0.25) is 0 Å². The van der Waals surface area contributed by atoms with E-state index in [4.69, 9.17) is 15.8 Å². The van der Waals surface area contributed by atoms with Crippen LogP contribution >= 0.6 is 0 Å². The Labute approximate surface area is 185 Å². The van der Waals surface area contributed by atoms with Gasteiger partial charge in [0.05, 0.1) is 25.3 Å². The van der Waals surface area contributed by atoms with Crippen LogP contribution in [0, 0.1) is 20.8 Å². The van der Waals surface area contributed by atoms with Crippen LogP contribution < -0.4 is 5.73 Å². The van der Waals surface area contributed by atoms with Crippen molar-refractivity contribution in [3.8, 4) is 0 Å². The number of hydrazone groups is 1. The third-order valence-corrected chi connectivity index (χ3v) is 5.96. The monoisotopic (exact) mass is 410 g/mol. The fourth-order valence-corrected chi connectivity index (χ4v) is 3.93. The second-order valence-electron chi connectivity index (χ2n) is 8.25. The van der Waals surface area contributed by atoms with Crippen LogP contribution in [-0.2, 0) is 6.54 Å². The van der Waals surface area contributed by atoms with Crippen molar-refractivity contribution < 1.29 is 0 Å².